The molecule has 0 spiro atoms. The third-order valence-corrected chi connectivity index (χ3v) is 3.53. The quantitative estimate of drug-likeness (QED) is 0.631. The molecule has 7 nitrogen and oxygen atoms in total. The number of hydrogen-bond acceptors (Lipinski definition) is 5. The van der Waals surface area contributed by atoms with E-state index >= 15 is 0 Å². The standard InChI is InChI=1S/C13H18N4O3/c1-8-7-16(9(2)6-15-8)11-4-3-10(13(14)18)5-12(11)17(19)20/h3-5,8-9,15H,6-7H2,1-2H3,(H2,14,18). The van der Waals surface area contributed by atoms with E-state index in [9.17, 15) is 14.9 Å². The number of primary amides is 1. The molecule has 2 atom stereocenters. The number of amides is 1. The summed E-state index contributed by atoms with van der Waals surface area (Å²) in [5.41, 5.74) is 5.77. The van der Waals surface area contributed by atoms with Gasteiger partial charge in [0.05, 0.1) is 4.92 Å². The minimum atomic E-state index is -0.665. The lowest BCUT2D eigenvalue weighted by molar-refractivity contribution is -0.384. The fourth-order valence-electron chi connectivity index (χ4n) is 2.42. The second kappa shape index (κ2) is 5.46. The maximum absolute atomic E-state index is 11.2. The Balaban J connectivity index is 2.44. The maximum Gasteiger partial charge on any atom is 0.293 e. The predicted molar refractivity (Wildman–Crippen MR) is 75.9 cm³/mol. The van der Waals surface area contributed by atoms with Crippen molar-refractivity contribution in [3.63, 3.8) is 0 Å². The monoisotopic (exact) mass is 278 g/mol. The van der Waals surface area contributed by atoms with Crippen LogP contribution in [0.2, 0.25) is 0 Å². The highest BCUT2D eigenvalue weighted by Crippen LogP contribution is 2.31. The van der Waals surface area contributed by atoms with Crippen LogP contribution in [-0.2, 0) is 0 Å². The average Bonchev–Trinajstić information content (AvgIpc) is 2.40. The first kappa shape index (κ1) is 14.3. The first-order valence-corrected chi connectivity index (χ1v) is 6.48. The lowest BCUT2D eigenvalue weighted by atomic mass is 10.1. The van der Waals surface area contributed by atoms with E-state index in [0.29, 0.717) is 12.2 Å². The lowest BCUT2D eigenvalue weighted by Crippen LogP contribution is -2.54. The van der Waals surface area contributed by atoms with Gasteiger partial charge in [0.2, 0.25) is 5.91 Å². The SMILES string of the molecule is CC1CN(c2ccc(C(N)=O)cc2[N+](=O)[O-])C(C)CN1. The van der Waals surface area contributed by atoms with E-state index in [4.69, 9.17) is 5.73 Å². The van der Waals surface area contributed by atoms with Crippen molar-refractivity contribution in [2.45, 2.75) is 25.9 Å². The Morgan fingerprint density at radius 3 is 2.80 bits per heavy atom. The molecule has 1 aliphatic heterocycles. The largest absolute Gasteiger partial charge is 0.366 e. The van der Waals surface area contributed by atoms with Crippen molar-refractivity contribution in [1.82, 2.24) is 5.32 Å². The van der Waals surface area contributed by atoms with Gasteiger partial charge in [0.15, 0.2) is 0 Å². The van der Waals surface area contributed by atoms with Crippen molar-refractivity contribution in [2.24, 2.45) is 5.73 Å². The van der Waals surface area contributed by atoms with Gasteiger partial charge < -0.3 is 16.0 Å². The van der Waals surface area contributed by atoms with Crippen LogP contribution >= 0.6 is 0 Å². The number of hydrogen-bond donors (Lipinski definition) is 2. The van der Waals surface area contributed by atoms with E-state index in [1.54, 1.807) is 6.07 Å². The van der Waals surface area contributed by atoms with Crippen LogP contribution in [0.3, 0.4) is 0 Å². The van der Waals surface area contributed by atoms with Gasteiger partial charge in [0.25, 0.3) is 5.69 Å². The summed E-state index contributed by atoms with van der Waals surface area (Å²) < 4.78 is 0. The summed E-state index contributed by atoms with van der Waals surface area (Å²) >= 11 is 0. The minimum Gasteiger partial charge on any atom is -0.366 e. The first-order chi connectivity index (χ1) is 9.40. The molecule has 3 N–H and O–H groups in total. The number of carbonyl (C=O) groups is 1. The Labute approximate surface area is 116 Å². The lowest BCUT2D eigenvalue weighted by Gasteiger charge is -2.38. The van der Waals surface area contributed by atoms with Crippen LogP contribution in [-0.4, -0.2) is 36.0 Å². The Morgan fingerprint density at radius 1 is 1.50 bits per heavy atom. The summed E-state index contributed by atoms with van der Waals surface area (Å²) in [4.78, 5) is 23.9. The number of nitro groups is 1. The normalized spacial score (nSPS) is 22.6. The van der Waals surface area contributed by atoms with E-state index in [2.05, 4.69) is 5.32 Å². The molecule has 0 aromatic heterocycles. The second-order valence-corrected chi connectivity index (χ2v) is 5.14. The molecule has 2 rings (SSSR count). The highest BCUT2D eigenvalue weighted by Gasteiger charge is 2.28. The molecule has 0 radical (unpaired) electrons. The molecule has 108 valence electrons. The molecule has 1 saturated heterocycles. The summed E-state index contributed by atoms with van der Waals surface area (Å²) in [6.45, 7) is 5.47. The molecule has 1 aromatic rings. The molecular formula is C13H18N4O3. The van der Waals surface area contributed by atoms with Gasteiger partial charge in [-0.15, -0.1) is 0 Å². The van der Waals surface area contributed by atoms with Gasteiger partial charge >= 0.3 is 0 Å². The second-order valence-electron chi connectivity index (χ2n) is 5.14. The van der Waals surface area contributed by atoms with Crippen molar-refractivity contribution in [1.29, 1.82) is 0 Å². The van der Waals surface area contributed by atoms with Crippen molar-refractivity contribution < 1.29 is 9.72 Å². The van der Waals surface area contributed by atoms with Gasteiger partial charge in [-0.25, -0.2) is 0 Å². The average molecular weight is 278 g/mol. The van der Waals surface area contributed by atoms with E-state index < -0.39 is 10.8 Å². The summed E-state index contributed by atoms with van der Waals surface area (Å²) in [7, 11) is 0. The van der Waals surface area contributed by atoms with Crippen LogP contribution in [0, 0.1) is 10.1 Å². The number of anilines is 1. The number of nitrogens with one attached hydrogen (secondary N) is 1. The Hall–Kier alpha value is -2.15. The molecule has 1 amide bonds. The molecule has 0 bridgehead atoms. The number of nitro benzene ring substituents is 1. The zero-order chi connectivity index (χ0) is 14.9. The number of nitrogens with two attached hydrogens (primary N) is 1. The summed E-state index contributed by atoms with van der Waals surface area (Å²) in [5, 5.41) is 14.6. The van der Waals surface area contributed by atoms with Crippen LogP contribution in [0.5, 0.6) is 0 Å². The molecule has 1 aromatic carbocycles. The summed E-state index contributed by atoms with van der Waals surface area (Å²) in [5.74, 6) is -0.665. The number of carbonyl (C=O) groups excluding carboxylic acids is 1. The summed E-state index contributed by atoms with van der Waals surface area (Å²) in [6, 6.07) is 4.78. The predicted octanol–water partition coefficient (Wildman–Crippen LogP) is 0.880. The first-order valence-electron chi connectivity index (χ1n) is 6.48. The Bertz CT molecular complexity index is 546. The third kappa shape index (κ3) is 2.72. The molecular weight excluding hydrogens is 260 g/mol. The number of rotatable bonds is 3. The zero-order valence-corrected chi connectivity index (χ0v) is 11.5. The minimum absolute atomic E-state index is 0.0813. The molecule has 7 heteroatoms. The van der Waals surface area contributed by atoms with Gasteiger partial charge in [0.1, 0.15) is 5.69 Å². The highest BCUT2D eigenvalue weighted by molar-refractivity contribution is 5.94. The van der Waals surface area contributed by atoms with Gasteiger partial charge in [-0.1, -0.05) is 0 Å². The van der Waals surface area contributed by atoms with Crippen molar-refractivity contribution in [2.75, 3.05) is 18.0 Å². The number of piperazine rings is 1. The van der Waals surface area contributed by atoms with Crippen molar-refractivity contribution >= 4 is 17.3 Å². The van der Waals surface area contributed by atoms with Crippen LogP contribution in [0.25, 0.3) is 0 Å². The van der Waals surface area contributed by atoms with Gasteiger partial charge in [0, 0.05) is 36.8 Å². The van der Waals surface area contributed by atoms with E-state index in [1.807, 2.05) is 18.7 Å². The maximum atomic E-state index is 11.2. The van der Waals surface area contributed by atoms with Crippen LogP contribution in [0.1, 0.15) is 24.2 Å². The molecule has 2 unspecified atom stereocenters. The van der Waals surface area contributed by atoms with Gasteiger partial charge in [-0.05, 0) is 26.0 Å². The fourth-order valence-corrected chi connectivity index (χ4v) is 2.42. The fraction of sp³-hybridized carbons (Fsp3) is 0.462. The van der Waals surface area contributed by atoms with Crippen LogP contribution in [0.15, 0.2) is 18.2 Å². The third-order valence-electron chi connectivity index (χ3n) is 3.53. The molecule has 1 heterocycles. The van der Waals surface area contributed by atoms with Crippen LogP contribution < -0.4 is 16.0 Å². The number of nitrogens with zero attached hydrogens (tertiary/aromatic N) is 2. The molecule has 20 heavy (non-hydrogen) atoms. The topological polar surface area (TPSA) is 102 Å². The van der Waals surface area contributed by atoms with Crippen LogP contribution in [0.4, 0.5) is 11.4 Å². The van der Waals surface area contributed by atoms with Gasteiger partial charge in [-0.2, -0.15) is 0 Å². The Kier molecular flexibility index (Phi) is 3.89. The van der Waals surface area contributed by atoms with E-state index in [1.165, 1.54) is 12.1 Å². The number of benzene rings is 1. The Morgan fingerprint density at radius 2 is 2.20 bits per heavy atom. The smallest absolute Gasteiger partial charge is 0.293 e. The van der Waals surface area contributed by atoms with Crippen molar-refractivity contribution in [3.05, 3.63) is 33.9 Å². The van der Waals surface area contributed by atoms with E-state index in [0.717, 1.165) is 6.54 Å². The highest BCUT2D eigenvalue weighted by atomic mass is 16.6. The van der Waals surface area contributed by atoms with E-state index in [-0.39, 0.29) is 23.3 Å². The molecule has 0 saturated carbocycles. The molecule has 1 fully saturated rings. The molecule has 0 aliphatic carbocycles. The summed E-state index contributed by atoms with van der Waals surface area (Å²) in [6.07, 6.45) is 0. The van der Waals surface area contributed by atoms with Crippen molar-refractivity contribution in [3.8, 4) is 0 Å². The van der Waals surface area contributed by atoms with Gasteiger partial charge in [-0.3, -0.25) is 14.9 Å². The zero-order valence-electron chi connectivity index (χ0n) is 11.5. The molecule has 1 aliphatic rings.